The molecule has 0 amide bonds. The van der Waals surface area contributed by atoms with E-state index in [1.165, 1.54) is 12.3 Å². The Labute approximate surface area is 130 Å². The lowest BCUT2D eigenvalue weighted by molar-refractivity contribution is 0.474. The van der Waals surface area contributed by atoms with Gasteiger partial charge in [-0.1, -0.05) is 35.1 Å². The standard InChI is InChI=1S/C15H12ClN3OS/c1-19-12-4-2-3-5-14(12)21-15(19)18-17-9-10-8-11(16)6-7-13(10)20/h2-9,20H,1H3/b17-9+,18-15+. The van der Waals surface area contributed by atoms with Crippen LogP contribution in [0.3, 0.4) is 0 Å². The van der Waals surface area contributed by atoms with Crippen molar-refractivity contribution < 1.29 is 5.11 Å². The number of aromatic nitrogens is 1. The maximum Gasteiger partial charge on any atom is 0.211 e. The Kier molecular flexibility index (Phi) is 3.77. The summed E-state index contributed by atoms with van der Waals surface area (Å²) in [6.07, 6.45) is 1.49. The number of benzene rings is 2. The minimum Gasteiger partial charge on any atom is -0.507 e. The number of nitrogens with zero attached hydrogens (tertiary/aromatic N) is 3. The molecule has 0 spiro atoms. The first-order valence-electron chi connectivity index (χ1n) is 6.25. The smallest absolute Gasteiger partial charge is 0.211 e. The summed E-state index contributed by atoms with van der Waals surface area (Å²) in [5.74, 6) is 0.124. The second-order valence-electron chi connectivity index (χ2n) is 4.46. The summed E-state index contributed by atoms with van der Waals surface area (Å²) in [4.78, 5) is 0.786. The van der Waals surface area contributed by atoms with Crippen LogP contribution in [0.4, 0.5) is 0 Å². The molecule has 1 aromatic heterocycles. The molecule has 0 saturated carbocycles. The third kappa shape index (κ3) is 2.84. The molecule has 0 fully saturated rings. The molecule has 3 aromatic rings. The summed E-state index contributed by atoms with van der Waals surface area (Å²) in [6.45, 7) is 0. The number of para-hydroxylation sites is 1. The molecule has 0 saturated heterocycles. The quantitative estimate of drug-likeness (QED) is 0.570. The highest BCUT2D eigenvalue weighted by atomic mass is 35.5. The first-order chi connectivity index (χ1) is 10.1. The molecular weight excluding hydrogens is 306 g/mol. The molecule has 6 heteroatoms. The number of fused-ring (bicyclic) bond motifs is 1. The van der Waals surface area contributed by atoms with Crippen molar-refractivity contribution in [3.05, 3.63) is 57.9 Å². The Morgan fingerprint density at radius 3 is 2.86 bits per heavy atom. The zero-order valence-corrected chi connectivity index (χ0v) is 12.8. The molecule has 3 rings (SSSR count). The van der Waals surface area contributed by atoms with Gasteiger partial charge < -0.3 is 9.67 Å². The normalized spacial score (nSPS) is 12.6. The Morgan fingerprint density at radius 2 is 2.05 bits per heavy atom. The highest BCUT2D eigenvalue weighted by Crippen LogP contribution is 2.19. The topological polar surface area (TPSA) is 49.9 Å². The second-order valence-corrected chi connectivity index (χ2v) is 5.90. The molecule has 2 aromatic carbocycles. The molecule has 0 unspecified atom stereocenters. The van der Waals surface area contributed by atoms with Gasteiger partial charge >= 0.3 is 0 Å². The molecule has 21 heavy (non-hydrogen) atoms. The van der Waals surface area contributed by atoms with Crippen molar-refractivity contribution in [2.45, 2.75) is 0 Å². The fourth-order valence-electron chi connectivity index (χ4n) is 1.95. The maximum atomic E-state index is 9.71. The molecule has 1 heterocycles. The van der Waals surface area contributed by atoms with Crippen LogP contribution in [-0.4, -0.2) is 15.9 Å². The van der Waals surface area contributed by atoms with Crippen LogP contribution in [0, 0.1) is 0 Å². The van der Waals surface area contributed by atoms with E-state index < -0.39 is 0 Å². The molecule has 0 aliphatic heterocycles. The number of aromatic hydroxyl groups is 1. The summed E-state index contributed by atoms with van der Waals surface area (Å²) < 4.78 is 3.13. The van der Waals surface area contributed by atoms with E-state index in [1.54, 1.807) is 23.5 Å². The average Bonchev–Trinajstić information content (AvgIpc) is 2.80. The van der Waals surface area contributed by atoms with E-state index in [4.69, 9.17) is 11.6 Å². The lowest BCUT2D eigenvalue weighted by Gasteiger charge is -1.97. The molecule has 106 valence electrons. The van der Waals surface area contributed by atoms with E-state index in [0.717, 1.165) is 15.0 Å². The largest absolute Gasteiger partial charge is 0.507 e. The Morgan fingerprint density at radius 1 is 1.24 bits per heavy atom. The summed E-state index contributed by atoms with van der Waals surface area (Å²) in [5.41, 5.74) is 1.65. The van der Waals surface area contributed by atoms with Crippen molar-refractivity contribution in [2.24, 2.45) is 17.3 Å². The van der Waals surface area contributed by atoms with Crippen LogP contribution in [0.25, 0.3) is 10.2 Å². The zero-order valence-electron chi connectivity index (χ0n) is 11.2. The summed E-state index contributed by atoms with van der Waals surface area (Å²) in [5, 5.41) is 18.5. The predicted octanol–water partition coefficient (Wildman–Crippen LogP) is 3.53. The predicted molar refractivity (Wildman–Crippen MR) is 87.1 cm³/mol. The van der Waals surface area contributed by atoms with Crippen LogP contribution in [0.2, 0.25) is 5.02 Å². The third-order valence-electron chi connectivity index (χ3n) is 3.04. The van der Waals surface area contributed by atoms with Crippen molar-refractivity contribution in [3.8, 4) is 5.75 Å². The molecule has 0 bridgehead atoms. The van der Waals surface area contributed by atoms with Gasteiger partial charge in [-0.25, -0.2) is 0 Å². The molecule has 0 aliphatic carbocycles. The lowest BCUT2D eigenvalue weighted by Crippen LogP contribution is -2.08. The fraction of sp³-hybridized carbons (Fsp3) is 0.0667. The maximum absolute atomic E-state index is 9.71. The average molecular weight is 318 g/mol. The van der Waals surface area contributed by atoms with Crippen molar-refractivity contribution >= 4 is 39.4 Å². The zero-order chi connectivity index (χ0) is 14.8. The summed E-state index contributed by atoms with van der Waals surface area (Å²) in [6, 6.07) is 12.9. The van der Waals surface area contributed by atoms with Crippen LogP contribution >= 0.6 is 22.9 Å². The monoisotopic (exact) mass is 317 g/mol. The number of rotatable bonds is 2. The number of halogens is 1. The highest BCUT2D eigenvalue weighted by Gasteiger charge is 2.01. The minimum atomic E-state index is 0.124. The first-order valence-corrected chi connectivity index (χ1v) is 7.45. The number of phenolic OH excluding ortho intramolecular Hbond substituents is 1. The molecule has 0 radical (unpaired) electrons. The van der Waals surface area contributed by atoms with Gasteiger partial charge in [0.2, 0.25) is 4.80 Å². The molecule has 4 nitrogen and oxygen atoms in total. The van der Waals surface area contributed by atoms with E-state index in [2.05, 4.69) is 10.2 Å². The fourth-order valence-corrected chi connectivity index (χ4v) is 3.10. The number of thiazole rings is 1. The SMILES string of the molecule is Cn1/c(=N\N=C\c2cc(Cl)ccc2O)sc2ccccc21. The van der Waals surface area contributed by atoms with E-state index in [9.17, 15) is 5.11 Å². The molecule has 0 atom stereocenters. The van der Waals surface area contributed by atoms with Gasteiger partial charge in [-0.2, -0.15) is 5.10 Å². The van der Waals surface area contributed by atoms with Crippen LogP contribution in [0.1, 0.15) is 5.56 Å². The van der Waals surface area contributed by atoms with Gasteiger partial charge in [0.25, 0.3) is 0 Å². The number of phenols is 1. The van der Waals surface area contributed by atoms with Crippen LogP contribution in [0.5, 0.6) is 5.75 Å². The van der Waals surface area contributed by atoms with Gasteiger partial charge in [-0.05, 0) is 30.3 Å². The molecular formula is C15H12ClN3OS. The van der Waals surface area contributed by atoms with Gasteiger partial charge in [-0.15, -0.1) is 5.10 Å². The number of hydrogen-bond donors (Lipinski definition) is 1. The van der Waals surface area contributed by atoms with E-state index in [0.29, 0.717) is 10.6 Å². The van der Waals surface area contributed by atoms with Crippen molar-refractivity contribution in [1.82, 2.24) is 4.57 Å². The molecule has 0 aliphatic rings. The Hall–Kier alpha value is -2.11. The third-order valence-corrected chi connectivity index (χ3v) is 4.38. The van der Waals surface area contributed by atoms with Crippen molar-refractivity contribution in [1.29, 1.82) is 0 Å². The van der Waals surface area contributed by atoms with E-state index in [-0.39, 0.29) is 5.75 Å². The van der Waals surface area contributed by atoms with Gasteiger partial charge in [0.15, 0.2) is 0 Å². The van der Waals surface area contributed by atoms with Crippen LogP contribution in [0.15, 0.2) is 52.7 Å². The van der Waals surface area contributed by atoms with Crippen molar-refractivity contribution in [2.75, 3.05) is 0 Å². The Balaban J connectivity index is 1.99. The second kappa shape index (κ2) is 5.71. The summed E-state index contributed by atoms with van der Waals surface area (Å²) >= 11 is 7.45. The Bertz CT molecular complexity index is 895. The van der Waals surface area contributed by atoms with Gasteiger partial charge in [0, 0.05) is 17.6 Å². The van der Waals surface area contributed by atoms with Crippen molar-refractivity contribution in [3.63, 3.8) is 0 Å². The summed E-state index contributed by atoms with van der Waals surface area (Å²) in [7, 11) is 1.95. The van der Waals surface area contributed by atoms with Crippen LogP contribution in [-0.2, 0) is 7.05 Å². The highest BCUT2D eigenvalue weighted by molar-refractivity contribution is 7.16. The first kappa shape index (κ1) is 13.9. The number of hydrogen-bond acceptors (Lipinski definition) is 4. The van der Waals surface area contributed by atoms with E-state index in [1.807, 2.05) is 35.9 Å². The van der Waals surface area contributed by atoms with E-state index >= 15 is 0 Å². The van der Waals surface area contributed by atoms with Gasteiger partial charge in [0.1, 0.15) is 5.75 Å². The van der Waals surface area contributed by atoms with Crippen LogP contribution < -0.4 is 4.80 Å². The number of aryl methyl sites for hydroxylation is 1. The lowest BCUT2D eigenvalue weighted by atomic mass is 10.2. The minimum absolute atomic E-state index is 0.124. The van der Waals surface area contributed by atoms with Gasteiger partial charge in [0.05, 0.1) is 16.4 Å². The molecule has 1 N–H and O–H groups in total. The van der Waals surface area contributed by atoms with Gasteiger partial charge in [-0.3, -0.25) is 0 Å².